The van der Waals surface area contributed by atoms with Crippen molar-refractivity contribution in [3.63, 3.8) is 0 Å². The van der Waals surface area contributed by atoms with Crippen molar-refractivity contribution in [2.75, 3.05) is 20.8 Å². The zero-order valence-corrected chi connectivity index (χ0v) is 15.6. The largest absolute Gasteiger partial charge is 0.493 e. The van der Waals surface area contributed by atoms with Crippen LogP contribution in [0.15, 0.2) is 59.7 Å². The lowest BCUT2D eigenvalue weighted by Crippen LogP contribution is -2.08. The van der Waals surface area contributed by atoms with Crippen molar-refractivity contribution in [1.82, 2.24) is 0 Å². The Morgan fingerprint density at radius 3 is 2.23 bits per heavy atom. The molecule has 4 nitrogen and oxygen atoms in total. The Hall–Kier alpha value is -3.01. The van der Waals surface area contributed by atoms with E-state index in [0.29, 0.717) is 23.7 Å². The van der Waals surface area contributed by atoms with E-state index in [1.807, 2.05) is 61.5 Å². The summed E-state index contributed by atoms with van der Waals surface area (Å²) in [6.45, 7) is 4.01. The Morgan fingerprint density at radius 1 is 0.923 bits per heavy atom. The number of carbonyl (C=O) groups excluding carboxylic acids is 1. The van der Waals surface area contributed by atoms with Crippen LogP contribution in [0.3, 0.4) is 0 Å². The van der Waals surface area contributed by atoms with Gasteiger partial charge in [0.05, 0.1) is 26.4 Å². The molecule has 2 aromatic carbocycles. The summed E-state index contributed by atoms with van der Waals surface area (Å²) in [5, 5.41) is 0. The molecule has 0 aliphatic heterocycles. The van der Waals surface area contributed by atoms with Gasteiger partial charge in [-0.15, -0.1) is 0 Å². The van der Waals surface area contributed by atoms with Crippen LogP contribution in [0.2, 0.25) is 0 Å². The van der Waals surface area contributed by atoms with E-state index < -0.39 is 0 Å². The minimum Gasteiger partial charge on any atom is -0.493 e. The molecule has 2 rings (SSSR count). The Morgan fingerprint density at radius 2 is 1.62 bits per heavy atom. The zero-order chi connectivity index (χ0) is 18.9. The summed E-state index contributed by atoms with van der Waals surface area (Å²) in [5.74, 6) is 0.889. The Bertz CT molecular complexity index is 804. The van der Waals surface area contributed by atoms with Crippen molar-refractivity contribution in [2.45, 2.75) is 13.8 Å². The molecular formula is C22H24O4. The SMILES string of the molecule is CCOC(=O)C(=C/c1ccc(OC)c(OC)c1)/C(C)=C/c1ccccc1. The molecule has 0 spiro atoms. The molecule has 136 valence electrons. The first-order chi connectivity index (χ1) is 12.6. The minimum atomic E-state index is -0.355. The van der Waals surface area contributed by atoms with E-state index >= 15 is 0 Å². The maximum Gasteiger partial charge on any atom is 0.338 e. The van der Waals surface area contributed by atoms with Crippen molar-refractivity contribution < 1.29 is 19.0 Å². The van der Waals surface area contributed by atoms with E-state index in [2.05, 4.69) is 0 Å². The summed E-state index contributed by atoms with van der Waals surface area (Å²) in [6.07, 6.45) is 3.76. The highest BCUT2D eigenvalue weighted by Gasteiger charge is 2.14. The molecule has 0 N–H and O–H groups in total. The molecule has 0 saturated heterocycles. The van der Waals surface area contributed by atoms with Crippen molar-refractivity contribution in [1.29, 1.82) is 0 Å². The number of esters is 1. The third-order valence-electron chi connectivity index (χ3n) is 3.82. The average molecular weight is 352 g/mol. The first-order valence-electron chi connectivity index (χ1n) is 8.43. The predicted octanol–water partition coefficient (Wildman–Crippen LogP) is 4.75. The number of carbonyl (C=O) groups is 1. The van der Waals surface area contributed by atoms with Crippen LogP contribution in [-0.4, -0.2) is 26.8 Å². The zero-order valence-electron chi connectivity index (χ0n) is 15.6. The molecule has 0 amide bonds. The molecule has 0 radical (unpaired) electrons. The smallest absolute Gasteiger partial charge is 0.338 e. The number of rotatable bonds is 7. The summed E-state index contributed by atoms with van der Waals surface area (Å²) in [6, 6.07) is 15.4. The van der Waals surface area contributed by atoms with Gasteiger partial charge in [-0.3, -0.25) is 0 Å². The minimum absolute atomic E-state index is 0.320. The number of ether oxygens (including phenoxy) is 3. The molecule has 2 aromatic rings. The van der Waals surface area contributed by atoms with Gasteiger partial charge in [-0.05, 0) is 48.8 Å². The number of hydrogen-bond donors (Lipinski definition) is 0. The molecule has 0 bridgehead atoms. The highest BCUT2D eigenvalue weighted by atomic mass is 16.5. The lowest BCUT2D eigenvalue weighted by molar-refractivity contribution is -0.138. The second-order valence-electron chi connectivity index (χ2n) is 5.63. The third-order valence-corrected chi connectivity index (χ3v) is 3.82. The van der Waals surface area contributed by atoms with Crippen molar-refractivity contribution in [3.8, 4) is 11.5 Å². The average Bonchev–Trinajstić information content (AvgIpc) is 2.66. The predicted molar refractivity (Wildman–Crippen MR) is 104 cm³/mol. The molecule has 0 unspecified atom stereocenters. The van der Waals surface area contributed by atoms with Crippen LogP contribution in [0.4, 0.5) is 0 Å². The lowest BCUT2D eigenvalue weighted by Gasteiger charge is -2.10. The maximum absolute atomic E-state index is 12.5. The topological polar surface area (TPSA) is 44.8 Å². The highest BCUT2D eigenvalue weighted by Crippen LogP contribution is 2.29. The number of benzene rings is 2. The quantitative estimate of drug-likeness (QED) is 0.410. The van der Waals surface area contributed by atoms with Crippen molar-refractivity contribution >= 4 is 18.1 Å². The summed E-state index contributed by atoms with van der Waals surface area (Å²) in [7, 11) is 3.17. The van der Waals surface area contributed by atoms with E-state index in [1.54, 1.807) is 27.2 Å². The van der Waals surface area contributed by atoms with Crippen LogP contribution in [0.1, 0.15) is 25.0 Å². The monoisotopic (exact) mass is 352 g/mol. The van der Waals surface area contributed by atoms with Gasteiger partial charge in [-0.1, -0.05) is 42.5 Å². The normalized spacial score (nSPS) is 11.8. The molecule has 0 aromatic heterocycles. The van der Waals surface area contributed by atoms with Gasteiger partial charge >= 0.3 is 5.97 Å². The second-order valence-corrected chi connectivity index (χ2v) is 5.63. The van der Waals surface area contributed by atoms with E-state index in [1.165, 1.54) is 0 Å². The highest BCUT2D eigenvalue weighted by molar-refractivity contribution is 5.99. The van der Waals surface area contributed by atoms with E-state index in [-0.39, 0.29) is 5.97 Å². The lowest BCUT2D eigenvalue weighted by atomic mass is 10.0. The van der Waals surface area contributed by atoms with Crippen molar-refractivity contribution in [3.05, 3.63) is 70.8 Å². The van der Waals surface area contributed by atoms with Gasteiger partial charge in [0.15, 0.2) is 11.5 Å². The Kier molecular flexibility index (Phi) is 7.03. The summed E-state index contributed by atoms with van der Waals surface area (Å²) >= 11 is 0. The molecule has 4 heteroatoms. The third kappa shape index (κ3) is 4.99. The standard InChI is InChI=1S/C22H24O4/c1-5-26-22(23)19(16(2)13-17-9-7-6-8-10-17)14-18-11-12-20(24-3)21(15-18)25-4/h6-15H,5H2,1-4H3/b16-13+,19-14+. The van der Waals surface area contributed by atoms with Crippen LogP contribution < -0.4 is 9.47 Å². The van der Waals surface area contributed by atoms with Gasteiger partial charge in [-0.2, -0.15) is 0 Å². The van der Waals surface area contributed by atoms with Crippen LogP contribution >= 0.6 is 0 Å². The fraction of sp³-hybridized carbons (Fsp3) is 0.227. The molecule has 0 atom stereocenters. The molecule has 0 aliphatic rings. The van der Waals surface area contributed by atoms with Crippen LogP contribution in [0.5, 0.6) is 11.5 Å². The van der Waals surface area contributed by atoms with Gasteiger partial charge in [-0.25, -0.2) is 4.79 Å². The van der Waals surface area contributed by atoms with E-state index in [0.717, 1.165) is 16.7 Å². The van der Waals surface area contributed by atoms with Gasteiger partial charge in [0.2, 0.25) is 0 Å². The Labute approximate surface area is 154 Å². The van der Waals surface area contributed by atoms with E-state index in [9.17, 15) is 4.79 Å². The molecule has 0 heterocycles. The molecule has 0 saturated carbocycles. The van der Waals surface area contributed by atoms with Gasteiger partial charge in [0, 0.05) is 0 Å². The summed E-state index contributed by atoms with van der Waals surface area (Å²) in [5.41, 5.74) is 3.17. The van der Waals surface area contributed by atoms with E-state index in [4.69, 9.17) is 14.2 Å². The second kappa shape index (κ2) is 9.47. The fourth-order valence-electron chi connectivity index (χ4n) is 2.53. The van der Waals surface area contributed by atoms with Crippen molar-refractivity contribution in [2.24, 2.45) is 0 Å². The van der Waals surface area contributed by atoms with Gasteiger partial charge in [0.1, 0.15) is 0 Å². The number of methoxy groups -OCH3 is 2. The van der Waals surface area contributed by atoms with Crippen LogP contribution in [-0.2, 0) is 9.53 Å². The summed E-state index contributed by atoms with van der Waals surface area (Å²) < 4.78 is 15.8. The fourth-order valence-corrected chi connectivity index (χ4v) is 2.53. The Balaban J connectivity index is 2.46. The maximum atomic E-state index is 12.5. The molecular weight excluding hydrogens is 328 g/mol. The molecule has 0 fully saturated rings. The van der Waals surface area contributed by atoms with Gasteiger partial charge in [0.25, 0.3) is 0 Å². The van der Waals surface area contributed by atoms with Crippen LogP contribution in [0.25, 0.3) is 12.2 Å². The number of hydrogen-bond acceptors (Lipinski definition) is 4. The first-order valence-corrected chi connectivity index (χ1v) is 8.43. The van der Waals surface area contributed by atoms with Gasteiger partial charge < -0.3 is 14.2 Å². The first kappa shape index (κ1) is 19.3. The molecule has 0 aliphatic carbocycles. The molecule has 26 heavy (non-hydrogen) atoms. The van der Waals surface area contributed by atoms with Crippen LogP contribution in [0, 0.1) is 0 Å². The summed E-state index contributed by atoms with van der Waals surface area (Å²) in [4.78, 5) is 12.5.